The number of anilines is 2. The van der Waals surface area contributed by atoms with E-state index in [1.54, 1.807) is 0 Å². The molecule has 1 aromatic heterocycles. The fourth-order valence-electron chi connectivity index (χ4n) is 1.68. The summed E-state index contributed by atoms with van der Waals surface area (Å²) in [7, 11) is 0. The van der Waals surface area contributed by atoms with E-state index in [1.807, 2.05) is 16.7 Å². The molecule has 2 N–H and O–H groups in total. The average Bonchev–Trinajstić information content (AvgIpc) is 3.31. The van der Waals surface area contributed by atoms with E-state index in [1.165, 1.54) is 0 Å². The molecule has 27 heavy (non-hydrogen) atoms. The Labute approximate surface area is 150 Å². The highest BCUT2D eigenvalue weighted by atomic mass is 19.4. The highest BCUT2D eigenvalue weighted by Crippen LogP contribution is 2.44. The average molecular weight is 392 g/mol. The summed E-state index contributed by atoms with van der Waals surface area (Å²) in [6.07, 6.45) is -8.20. The number of rotatable bonds is 4. The number of hydrogen-bond donors (Lipinski definition) is 2. The first-order valence-electron chi connectivity index (χ1n) is 7.72. The van der Waals surface area contributed by atoms with Gasteiger partial charge in [0.1, 0.15) is 17.5 Å². The number of hydrogen-bond acceptors (Lipinski definition) is 6. The Balaban J connectivity index is 2.34. The van der Waals surface area contributed by atoms with Gasteiger partial charge in [0.2, 0.25) is 17.7 Å². The van der Waals surface area contributed by atoms with Crippen molar-refractivity contribution in [1.82, 2.24) is 15.0 Å². The minimum atomic E-state index is -4.62. The first-order chi connectivity index (χ1) is 12.3. The number of nitrogens with one attached hydrogen (secondary N) is 2. The van der Waals surface area contributed by atoms with Gasteiger partial charge in [0.15, 0.2) is 0 Å². The van der Waals surface area contributed by atoms with Crippen LogP contribution in [0.5, 0.6) is 0 Å². The quantitative estimate of drug-likeness (QED) is 0.604. The molecule has 0 saturated heterocycles. The standard InChI is InChI=1S/C15H14F6N6/c1-8(14(16,17)18)23-11-25-10(3-4-13(7-22)5-6-13)26-12(27-11)24-9(2)15(19,20)21/h8-9H,5-6H2,1-2H3,(H2,23,24,25,26,27)/t8-,9-/m1/s1. The number of alkyl halides is 6. The summed E-state index contributed by atoms with van der Waals surface area (Å²) in [4.78, 5) is 10.9. The maximum Gasteiger partial charge on any atom is 0.408 e. The normalized spacial score (nSPS) is 17.7. The molecule has 2 rings (SSSR count). The van der Waals surface area contributed by atoms with Crippen molar-refractivity contribution >= 4 is 11.9 Å². The molecule has 1 heterocycles. The van der Waals surface area contributed by atoms with E-state index in [-0.39, 0.29) is 5.82 Å². The molecular formula is C15H14F6N6. The first-order valence-corrected chi connectivity index (χ1v) is 7.72. The maximum atomic E-state index is 12.7. The molecule has 0 unspecified atom stereocenters. The van der Waals surface area contributed by atoms with E-state index in [4.69, 9.17) is 5.26 Å². The van der Waals surface area contributed by atoms with Gasteiger partial charge in [-0.15, -0.1) is 0 Å². The van der Waals surface area contributed by atoms with Gasteiger partial charge in [-0.25, -0.2) is 0 Å². The molecule has 1 fully saturated rings. The first kappa shape index (κ1) is 20.6. The van der Waals surface area contributed by atoms with Gasteiger partial charge < -0.3 is 10.6 Å². The molecule has 0 amide bonds. The zero-order chi connectivity index (χ0) is 20.5. The summed E-state index contributed by atoms with van der Waals surface area (Å²) < 4.78 is 76.2. The Morgan fingerprint density at radius 2 is 1.37 bits per heavy atom. The van der Waals surface area contributed by atoms with Gasteiger partial charge in [0.25, 0.3) is 0 Å². The van der Waals surface area contributed by atoms with E-state index in [0.717, 1.165) is 13.8 Å². The summed E-state index contributed by atoms with van der Waals surface area (Å²) in [6, 6.07) is -2.12. The molecule has 1 saturated carbocycles. The molecule has 146 valence electrons. The van der Waals surface area contributed by atoms with Crippen molar-refractivity contribution in [3.63, 3.8) is 0 Å². The Kier molecular flexibility index (Phi) is 5.40. The highest BCUT2D eigenvalue weighted by Gasteiger charge is 2.42. The zero-order valence-corrected chi connectivity index (χ0v) is 14.1. The summed E-state index contributed by atoms with van der Waals surface area (Å²) >= 11 is 0. The minimum Gasteiger partial charge on any atom is -0.343 e. The molecule has 1 aliphatic rings. The van der Waals surface area contributed by atoms with Crippen LogP contribution in [-0.4, -0.2) is 39.4 Å². The Morgan fingerprint density at radius 1 is 0.926 bits per heavy atom. The summed E-state index contributed by atoms with van der Waals surface area (Å²) in [6.45, 7) is 1.60. The summed E-state index contributed by atoms with van der Waals surface area (Å²) in [5, 5.41) is 12.9. The lowest BCUT2D eigenvalue weighted by Crippen LogP contribution is -2.35. The number of aromatic nitrogens is 3. The monoisotopic (exact) mass is 392 g/mol. The van der Waals surface area contributed by atoms with Crippen LogP contribution in [0, 0.1) is 28.6 Å². The number of halogens is 6. The lowest BCUT2D eigenvalue weighted by atomic mass is 10.1. The second-order valence-corrected chi connectivity index (χ2v) is 6.07. The minimum absolute atomic E-state index is 0.347. The van der Waals surface area contributed by atoms with Crippen LogP contribution in [-0.2, 0) is 0 Å². The molecular weight excluding hydrogens is 378 g/mol. The predicted molar refractivity (Wildman–Crippen MR) is 82.3 cm³/mol. The highest BCUT2D eigenvalue weighted by molar-refractivity contribution is 5.42. The fraction of sp³-hybridized carbons (Fsp3) is 0.600. The molecule has 2 atom stereocenters. The fourth-order valence-corrected chi connectivity index (χ4v) is 1.68. The van der Waals surface area contributed by atoms with Crippen molar-refractivity contribution in [1.29, 1.82) is 5.26 Å². The number of nitrogens with zero attached hydrogens (tertiary/aromatic N) is 4. The van der Waals surface area contributed by atoms with Crippen LogP contribution in [0.15, 0.2) is 0 Å². The van der Waals surface area contributed by atoms with Gasteiger partial charge >= 0.3 is 12.4 Å². The molecule has 1 aromatic rings. The van der Waals surface area contributed by atoms with E-state index in [9.17, 15) is 26.3 Å². The van der Waals surface area contributed by atoms with Crippen LogP contribution in [0.1, 0.15) is 32.5 Å². The van der Waals surface area contributed by atoms with Crippen molar-refractivity contribution in [3.8, 4) is 17.9 Å². The summed E-state index contributed by atoms with van der Waals surface area (Å²) in [5.74, 6) is 3.50. The van der Waals surface area contributed by atoms with Crippen molar-refractivity contribution < 1.29 is 26.3 Å². The van der Waals surface area contributed by atoms with Crippen LogP contribution in [0.4, 0.5) is 38.2 Å². The third-order valence-electron chi connectivity index (χ3n) is 3.69. The van der Waals surface area contributed by atoms with E-state index < -0.39 is 41.7 Å². The molecule has 0 radical (unpaired) electrons. The molecule has 0 aliphatic heterocycles. The Hall–Kier alpha value is -2.76. The SMILES string of the molecule is C[C@@H](Nc1nc(C#CC2(C#N)CC2)nc(N[C@H](C)C(F)(F)F)n1)C(F)(F)F. The van der Waals surface area contributed by atoms with E-state index >= 15 is 0 Å². The van der Waals surface area contributed by atoms with Crippen LogP contribution in [0.2, 0.25) is 0 Å². The van der Waals surface area contributed by atoms with Gasteiger partial charge in [-0.1, -0.05) is 5.92 Å². The third-order valence-corrected chi connectivity index (χ3v) is 3.69. The molecule has 1 aliphatic carbocycles. The lowest BCUT2D eigenvalue weighted by molar-refractivity contribution is -0.139. The third kappa shape index (κ3) is 5.61. The van der Waals surface area contributed by atoms with Crippen LogP contribution >= 0.6 is 0 Å². The topological polar surface area (TPSA) is 86.5 Å². The summed E-state index contributed by atoms with van der Waals surface area (Å²) in [5.41, 5.74) is -0.869. The Bertz CT molecular complexity index is 756. The molecule has 12 heteroatoms. The van der Waals surface area contributed by atoms with E-state index in [2.05, 4.69) is 26.8 Å². The van der Waals surface area contributed by atoms with Crippen molar-refractivity contribution in [2.24, 2.45) is 5.41 Å². The van der Waals surface area contributed by atoms with Crippen molar-refractivity contribution in [2.45, 2.75) is 51.1 Å². The molecule has 6 nitrogen and oxygen atoms in total. The van der Waals surface area contributed by atoms with Crippen LogP contribution < -0.4 is 10.6 Å². The van der Waals surface area contributed by atoms with Gasteiger partial charge in [-0.2, -0.15) is 46.6 Å². The molecule has 0 aromatic carbocycles. The second-order valence-electron chi connectivity index (χ2n) is 6.07. The van der Waals surface area contributed by atoms with E-state index in [0.29, 0.717) is 12.8 Å². The smallest absolute Gasteiger partial charge is 0.343 e. The van der Waals surface area contributed by atoms with Crippen molar-refractivity contribution in [3.05, 3.63) is 5.82 Å². The predicted octanol–water partition coefficient (Wildman–Crippen LogP) is 3.25. The largest absolute Gasteiger partial charge is 0.408 e. The van der Waals surface area contributed by atoms with Gasteiger partial charge in [0, 0.05) is 0 Å². The van der Waals surface area contributed by atoms with Gasteiger partial charge in [-0.3, -0.25) is 0 Å². The molecule has 0 spiro atoms. The zero-order valence-electron chi connectivity index (χ0n) is 14.1. The lowest BCUT2D eigenvalue weighted by Gasteiger charge is -2.19. The number of nitriles is 1. The van der Waals surface area contributed by atoms with Crippen LogP contribution in [0.3, 0.4) is 0 Å². The van der Waals surface area contributed by atoms with Gasteiger partial charge in [0.05, 0.1) is 6.07 Å². The Morgan fingerprint density at radius 3 is 1.70 bits per heavy atom. The van der Waals surface area contributed by atoms with Crippen molar-refractivity contribution in [2.75, 3.05) is 10.6 Å². The molecule has 0 bridgehead atoms. The maximum absolute atomic E-state index is 12.7. The van der Waals surface area contributed by atoms with Crippen LogP contribution in [0.25, 0.3) is 0 Å². The van der Waals surface area contributed by atoms with Gasteiger partial charge in [-0.05, 0) is 32.6 Å². The second kappa shape index (κ2) is 7.10.